The van der Waals surface area contributed by atoms with Crippen LogP contribution in [-0.2, 0) is 0 Å². The van der Waals surface area contributed by atoms with Gasteiger partial charge in [-0.15, -0.1) is 0 Å². The van der Waals surface area contributed by atoms with Gasteiger partial charge in [0.1, 0.15) is 0 Å². The SMILES string of the molecule is CCCC=CC[NH3+].CCCC=CC[NH3+].CCCCCCCCCCCCCC[NH-].[Br-]. The second-order valence-corrected chi connectivity index (χ2v) is 7.74. The topological polar surface area (TPSA) is 79.1 Å². The van der Waals surface area contributed by atoms with Crippen molar-refractivity contribution in [2.75, 3.05) is 19.6 Å². The van der Waals surface area contributed by atoms with E-state index in [1.807, 2.05) is 0 Å². The number of nitrogens with one attached hydrogen (secondary N) is 1. The molecule has 0 atom stereocenters. The third-order valence-corrected chi connectivity index (χ3v) is 4.61. The highest BCUT2D eigenvalue weighted by atomic mass is 79.9. The Kier molecular flexibility index (Phi) is 53.1. The van der Waals surface area contributed by atoms with Crippen LogP contribution in [-0.4, -0.2) is 19.6 Å². The lowest BCUT2D eigenvalue weighted by Gasteiger charge is -2.03. The molecular weight excluding hydrogens is 434 g/mol. The minimum absolute atomic E-state index is 0. The van der Waals surface area contributed by atoms with Crippen LogP contribution in [0.1, 0.15) is 124 Å². The van der Waals surface area contributed by atoms with E-state index in [0.717, 1.165) is 19.5 Å². The zero-order chi connectivity index (χ0) is 22.3. The Morgan fingerprint density at radius 3 is 1.10 bits per heavy atom. The van der Waals surface area contributed by atoms with Gasteiger partial charge in [0.25, 0.3) is 0 Å². The van der Waals surface area contributed by atoms with Gasteiger partial charge in [-0.1, -0.05) is 123 Å². The average Bonchev–Trinajstić information content (AvgIpc) is 2.74. The van der Waals surface area contributed by atoms with E-state index in [1.165, 1.54) is 96.3 Å². The summed E-state index contributed by atoms with van der Waals surface area (Å²) in [5, 5.41) is 0. The van der Waals surface area contributed by atoms with E-state index in [9.17, 15) is 0 Å². The Morgan fingerprint density at radius 1 is 0.500 bits per heavy atom. The molecule has 0 saturated heterocycles. The average molecular weight is 493 g/mol. The summed E-state index contributed by atoms with van der Waals surface area (Å²) in [5.41, 5.74) is 14.4. The molecule has 0 saturated carbocycles. The summed E-state index contributed by atoms with van der Waals surface area (Å²) in [6.45, 7) is 9.11. The number of hydrogen-bond acceptors (Lipinski definition) is 0. The van der Waals surface area contributed by atoms with Crippen molar-refractivity contribution in [3.8, 4) is 0 Å². The maximum atomic E-state index is 7.03. The van der Waals surface area contributed by atoms with E-state index >= 15 is 0 Å². The number of hydrogen-bond donors (Lipinski definition) is 2. The summed E-state index contributed by atoms with van der Waals surface area (Å²) in [4.78, 5) is 0. The molecule has 7 N–H and O–H groups in total. The minimum Gasteiger partial charge on any atom is -1.00 e. The van der Waals surface area contributed by atoms with Crippen LogP contribution in [0.25, 0.3) is 5.73 Å². The molecule has 0 fully saturated rings. The number of unbranched alkanes of at least 4 members (excludes halogenated alkanes) is 13. The van der Waals surface area contributed by atoms with E-state index in [2.05, 4.69) is 56.5 Å². The summed E-state index contributed by atoms with van der Waals surface area (Å²) in [6.07, 6.45) is 30.0. The Morgan fingerprint density at radius 2 is 0.833 bits per heavy atom. The molecular formula is C26H58BrN3. The molecule has 0 aliphatic heterocycles. The lowest BCUT2D eigenvalue weighted by atomic mass is 10.1. The van der Waals surface area contributed by atoms with Crippen molar-refractivity contribution in [3.63, 3.8) is 0 Å². The first-order valence-corrected chi connectivity index (χ1v) is 12.8. The summed E-state index contributed by atoms with van der Waals surface area (Å²) < 4.78 is 0. The van der Waals surface area contributed by atoms with Crippen molar-refractivity contribution in [1.82, 2.24) is 0 Å². The summed E-state index contributed by atoms with van der Waals surface area (Å²) in [5.74, 6) is 0. The predicted octanol–water partition coefficient (Wildman–Crippen LogP) is 3.91. The second-order valence-electron chi connectivity index (χ2n) is 7.74. The standard InChI is InChI=1S/C14H30N.2C6H13N.BrH/c1-2-3-4-5-6-7-8-9-10-11-12-13-14-15;2*1-2-3-4-5-6-7;/h15H,2-14H2,1H3;2*4-5H,2-3,6-7H2,1H3;1H/q-1;;;/p+1. The second kappa shape index (κ2) is 42.8. The molecule has 0 aliphatic carbocycles. The van der Waals surface area contributed by atoms with Crippen LogP contribution in [0.15, 0.2) is 24.3 Å². The lowest BCUT2D eigenvalue weighted by molar-refractivity contribution is -0.353. The van der Waals surface area contributed by atoms with Crippen LogP contribution in [0.2, 0.25) is 0 Å². The molecule has 4 heteroatoms. The van der Waals surface area contributed by atoms with Gasteiger partial charge in [-0.3, -0.25) is 0 Å². The molecule has 184 valence electrons. The van der Waals surface area contributed by atoms with Crippen LogP contribution < -0.4 is 28.4 Å². The van der Waals surface area contributed by atoms with Crippen molar-refractivity contribution in [1.29, 1.82) is 0 Å². The van der Waals surface area contributed by atoms with Gasteiger partial charge in [0.15, 0.2) is 0 Å². The van der Waals surface area contributed by atoms with E-state index in [1.54, 1.807) is 0 Å². The maximum Gasteiger partial charge on any atom is 0.0926 e. The first-order valence-electron chi connectivity index (χ1n) is 12.8. The molecule has 0 unspecified atom stereocenters. The van der Waals surface area contributed by atoms with Gasteiger partial charge in [-0.05, 0) is 25.0 Å². The van der Waals surface area contributed by atoms with Crippen molar-refractivity contribution >= 4 is 0 Å². The Balaban J connectivity index is -0.000000189. The van der Waals surface area contributed by atoms with Crippen molar-refractivity contribution in [2.45, 2.75) is 124 Å². The quantitative estimate of drug-likeness (QED) is 0.215. The van der Waals surface area contributed by atoms with E-state index in [4.69, 9.17) is 5.73 Å². The summed E-state index contributed by atoms with van der Waals surface area (Å²) in [7, 11) is 0. The number of rotatable bonds is 18. The molecule has 3 nitrogen and oxygen atoms in total. The fourth-order valence-corrected chi connectivity index (χ4v) is 2.77. The number of quaternary nitrogens is 2. The summed E-state index contributed by atoms with van der Waals surface area (Å²) in [6, 6.07) is 0. The third kappa shape index (κ3) is 51.0. The molecule has 0 spiro atoms. The van der Waals surface area contributed by atoms with Gasteiger partial charge in [-0.2, -0.15) is 6.54 Å². The molecule has 0 aromatic carbocycles. The molecule has 0 heterocycles. The minimum atomic E-state index is 0. The largest absolute Gasteiger partial charge is 1.00 e. The van der Waals surface area contributed by atoms with Gasteiger partial charge < -0.3 is 34.2 Å². The van der Waals surface area contributed by atoms with Gasteiger partial charge >= 0.3 is 0 Å². The molecule has 0 aromatic rings. The molecule has 30 heavy (non-hydrogen) atoms. The zero-order valence-corrected chi connectivity index (χ0v) is 22.6. The lowest BCUT2D eigenvalue weighted by Crippen LogP contribution is -3.00. The first-order chi connectivity index (χ1) is 14.2. The molecule has 0 amide bonds. The van der Waals surface area contributed by atoms with Crippen LogP contribution in [0.5, 0.6) is 0 Å². The van der Waals surface area contributed by atoms with Crippen LogP contribution >= 0.6 is 0 Å². The van der Waals surface area contributed by atoms with Crippen molar-refractivity contribution < 1.29 is 28.4 Å². The van der Waals surface area contributed by atoms with Gasteiger partial charge in [0.2, 0.25) is 0 Å². The van der Waals surface area contributed by atoms with Crippen molar-refractivity contribution in [3.05, 3.63) is 30.0 Å². The number of allylic oxidation sites excluding steroid dienone is 2. The van der Waals surface area contributed by atoms with Gasteiger partial charge in [-0.25, -0.2) is 0 Å². The van der Waals surface area contributed by atoms with E-state index < -0.39 is 0 Å². The highest BCUT2D eigenvalue weighted by molar-refractivity contribution is 4.79. The molecule has 0 aliphatic rings. The molecule has 0 aromatic heterocycles. The van der Waals surface area contributed by atoms with Crippen LogP contribution in [0, 0.1) is 0 Å². The first kappa shape index (κ1) is 37.2. The fourth-order valence-electron chi connectivity index (χ4n) is 2.77. The summed E-state index contributed by atoms with van der Waals surface area (Å²) >= 11 is 0. The number of halogens is 1. The Hall–Kier alpha value is -0.160. The highest BCUT2D eigenvalue weighted by Gasteiger charge is 1.91. The Bertz CT molecular complexity index is 266. The molecule has 0 bridgehead atoms. The zero-order valence-electron chi connectivity index (χ0n) is 21.0. The fraction of sp³-hybridized carbons (Fsp3) is 0.846. The normalized spacial score (nSPS) is 10.3. The highest BCUT2D eigenvalue weighted by Crippen LogP contribution is 2.11. The predicted molar refractivity (Wildman–Crippen MR) is 134 cm³/mol. The van der Waals surface area contributed by atoms with Crippen LogP contribution in [0.4, 0.5) is 0 Å². The van der Waals surface area contributed by atoms with Gasteiger partial charge in [0, 0.05) is 0 Å². The monoisotopic (exact) mass is 491 g/mol. The Labute approximate surface area is 201 Å². The van der Waals surface area contributed by atoms with Crippen LogP contribution in [0.3, 0.4) is 0 Å². The maximum absolute atomic E-state index is 7.03. The van der Waals surface area contributed by atoms with E-state index in [-0.39, 0.29) is 17.0 Å². The molecule has 0 radical (unpaired) electrons. The van der Waals surface area contributed by atoms with E-state index in [0.29, 0.717) is 6.54 Å². The van der Waals surface area contributed by atoms with Gasteiger partial charge in [0.05, 0.1) is 13.1 Å². The molecule has 0 rings (SSSR count). The smallest absolute Gasteiger partial charge is 0.0926 e. The van der Waals surface area contributed by atoms with Crippen molar-refractivity contribution in [2.24, 2.45) is 0 Å². The third-order valence-electron chi connectivity index (χ3n) is 4.61.